The summed E-state index contributed by atoms with van der Waals surface area (Å²) in [5.74, 6) is 0.592. The highest BCUT2D eigenvalue weighted by atomic mass is 16.3. The summed E-state index contributed by atoms with van der Waals surface area (Å²) in [7, 11) is 0. The van der Waals surface area contributed by atoms with Crippen LogP contribution in [0.1, 0.15) is 38.2 Å². The van der Waals surface area contributed by atoms with Crippen molar-refractivity contribution in [2.24, 2.45) is 0 Å². The van der Waals surface area contributed by atoms with E-state index in [9.17, 15) is 4.79 Å². The molecule has 1 N–H and O–H groups in total. The molecular formula is C28H29NO2. The van der Waals surface area contributed by atoms with Crippen LogP contribution >= 0.6 is 0 Å². The van der Waals surface area contributed by atoms with Crippen molar-refractivity contribution in [3.63, 3.8) is 0 Å². The van der Waals surface area contributed by atoms with Crippen molar-refractivity contribution in [3.05, 3.63) is 88.6 Å². The minimum Gasteiger partial charge on any atom is -0.456 e. The van der Waals surface area contributed by atoms with E-state index in [1.54, 1.807) is 6.07 Å². The third kappa shape index (κ3) is 4.88. The summed E-state index contributed by atoms with van der Waals surface area (Å²) in [5.41, 5.74) is 5.75. The fourth-order valence-corrected chi connectivity index (χ4v) is 3.91. The molecule has 0 aliphatic rings. The number of benzene rings is 3. The van der Waals surface area contributed by atoms with Crippen LogP contribution in [0.25, 0.3) is 33.4 Å². The molecule has 0 radical (unpaired) electrons. The Balaban J connectivity index is 1.76. The van der Waals surface area contributed by atoms with E-state index < -0.39 is 0 Å². The van der Waals surface area contributed by atoms with E-state index in [1.165, 1.54) is 19.3 Å². The lowest BCUT2D eigenvalue weighted by molar-refractivity contribution is 0.619. The number of nitrogens with one attached hydrogen (secondary N) is 1. The summed E-state index contributed by atoms with van der Waals surface area (Å²) in [6.07, 6.45) is 4.88. The molecule has 158 valence electrons. The number of unbranched alkanes of at least 4 members (excludes halogenated alkanes) is 3. The van der Waals surface area contributed by atoms with E-state index in [4.69, 9.17) is 4.42 Å². The molecule has 0 unspecified atom stereocenters. The predicted octanol–water partition coefficient (Wildman–Crippen LogP) is 7.43. The molecule has 0 saturated carbocycles. The molecule has 3 heteroatoms. The summed E-state index contributed by atoms with van der Waals surface area (Å²) in [6, 6.07) is 23.9. The molecule has 31 heavy (non-hydrogen) atoms. The molecular weight excluding hydrogens is 382 g/mol. The molecule has 4 aromatic rings. The minimum atomic E-state index is -0.0168. The van der Waals surface area contributed by atoms with Gasteiger partial charge in [0.05, 0.1) is 5.39 Å². The van der Waals surface area contributed by atoms with Crippen LogP contribution in [0.4, 0.5) is 5.69 Å². The zero-order chi connectivity index (χ0) is 21.6. The Morgan fingerprint density at radius 1 is 0.839 bits per heavy atom. The molecule has 0 aliphatic carbocycles. The average molecular weight is 412 g/mol. The number of hydrogen-bond donors (Lipinski definition) is 1. The second-order valence-corrected chi connectivity index (χ2v) is 8.09. The zero-order valence-corrected chi connectivity index (χ0v) is 18.3. The normalized spacial score (nSPS) is 11.0. The molecule has 3 aromatic carbocycles. The van der Waals surface area contributed by atoms with Gasteiger partial charge in [0, 0.05) is 23.9 Å². The third-order valence-corrected chi connectivity index (χ3v) is 5.61. The van der Waals surface area contributed by atoms with Crippen molar-refractivity contribution in [2.75, 3.05) is 11.9 Å². The molecule has 0 saturated heterocycles. The first-order valence-electron chi connectivity index (χ1n) is 11.1. The van der Waals surface area contributed by atoms with Crippen LogP contribution in [-0.2, 0) is 0 Å². The van der Waals surface area contributed by atoms with Crippen LogP contribution in [-0.4, -0.2) is 6.54 Å². The summed E-state index contributed by atoms with van der Waals surface area (Å²) in [5, 5.41) is 4.15. The van der Waals surface area contributed by atoms with Crippen LogP contribution in [0.15, 0.2) is 82.0 Å². The lowest BCUT2D eigenvalue weighted by Gasteiger charge is -2.14. The van der Waals surface area contributed by atoms with Crippen molar-refractivity contribution in [2.45, 2.75) is 39.5 Å². The van der Waals surface area contributed by atoms with E-state index in [1.807, 2.05) is 43.3 Å². The second-order valence-electron chi connectivity index (χ2n) is 8.09. The number of hydrogen-bond acceptors (Lipinski definition) is 3. The topological polar surface area (TPSA) is 42.2 Å². The first kappa shape index (κ1) is 20.9. The van der Waals surface area contributed by atoms with Crippen molar-refractivity contribution >= 4 is 16.7 Å². The van der Waals surface area contributed by atoms with Crippen molar-refractivity contribution in [1.82, 2.24) is 0 Å². The summed E-state index contributed by atoms with van der Waals surface area (Å²) in [6.45, 7) is 5.14. The Hall–Kier alpha value is -3.33. The van der Waals surface area contributed by atoms with Gasteiger partial charge in [-0.25, -0.2) is 0 Å². The van der Waals surface area contributed by atoms with E-state index in [0.717, 1.165) is 40.9 Å². The van der Waals surface area contributed by atoms with Gasteiger partial charge in [0.15, 0.2) is 5.43 Å². The maximum absolute atomic E-state index is 12.9. The summed E-state index contributed by atoms with van der Waals surface area (Å²) in [4.78, 5) is 12.9. The van der Waals surface area contributed by atoms with E-state index in [0.29, 0.717) is 16.7 Å². The molecule has 1 aromatic heterocycles. The van der Waals surface area contributed by atoms with Crippen molar-refractivity contribution in [1.29, 1.82) is 0 Å². The predicted molar refractivity (Wildman–Crippen MR) is 131 cm³/mol. The Kier molecular flexibility index (Phi) is 6.51. The monoisotopic (exact) mass is 411 g/mol. The fraction of sp³-hybridized carbons (Fsp3) is 0.250. The zero-order valence-electron chi connectivity index (χ0n) is 18.3. The highest BCUT2D eigenvalue weighted by Crippen LogP contribution is 2.35. The van der Waals surface area contributed by atoms with E-state index >= 15 is 0 Å². The molecule has 0 aliphatic heterocycles. The van der Waals surface area contributed by atoms with Gasteiger partial charge >= 0.3 is 0 Å². The van der Waals surface area contributed by atoms with Crippen molar-refractivity contribution in [3.8, 4) is 22.5 Å². The average Bonchev–Trinajstić information content (AvgIpc) is 2.80. The minimum absolute atomic E-state index is 0.0168. The van der Waals surface area contributed by atoms with Crippen molar-refractivity contribution < 1.29 is 4.42 Å². The van der Waals surface area contributed by atoms with Gasteiger partial charge < -0.3 is 9.73 Å². The molecule has 0 atom stereocenters. The van der Waals surface area contributed by atoms with Crippen LogP contribution in [0.3, 0.4) is 0 Å². The lowest BCUT2D eigenvalue weighted by atomic mass is 9.97. The van der Waals surface area contributed by atoms with Gasteiger partial charge in [0.25, 0.3) is 0 Å². The molecule has 0 spiro atoms. The Bertz CT molecular complexity index is 1220. The third-order valence-electron chi connectivity index (χ3n) is 5.61. The number of rotatable bonds is 8. The second kappa shape index (κ2) is 9.65. The highest BCUT2D eigenvalue weighted by Gasteiger charge is 2.13. The van der Waals surface area contributed by atoms with Gasteiger partial charge in [-0.3, -0.25) is 4.79 Å². The van der Waals surface area contributed by atoms with Crippen LogP contribution < -0.4 is 10.7 Å². The largest absolute Gasteiger partial charge is 0.456 e. The maximum Gasteiger partial charge on any atom is 0.193 e. The summed E-state index contributed by atoms with van der Waals surface area (Å²) >= 11 is 0. The lowest BCUT2D eigenvalue weighted by Crippen LogP contribution is -2.03. The molecule has 3 nitrogen and oxygen atoms in total. The number of fused-ring (bicyclic) bond motifs is 1. The van der Waals surface area contributed by atoms with Gasteiger partial charge in [-0.2, -0.15) is 0 Å². The first-order chi connectivity index (χ1) is 15.2. The Morgan fingerprint density at radius 3 is 2.48 bits per heavy atom. The number of anilines is 1. The quantitative estimate of drug-likeness (QED) is 0.307. The Morgan fingerprint density at radius 2 is 1.68 bits per heavy atom. The maximum atomic E-state index is 12.9. The molecule has 0 amide bonds. The van der Waals surface area contributed by atoms with E-state index in [-0.39, 0.29) is 5.43 Å². The van der Waals surface area contributed by atoms with Gasteiger partial charge in [-0.15, -0.1) is 0 Å². The fourth-order valence-electron chi connectivity index (χ4n) is 3.91. The van der Waals surface area contributed by atoms with Gasteiger partial charge in [-0.05, 0) is 48.7 Å². The summed E-state index contributed by atoms with van der Waals surface area (Å²) < 4.78 is 6.23. The van der Waals surface area contributed by atoms with Crippen LogP contribution in [0.2, 0.25) is 0 Å². The molecule has 4 rings (SSSR count). The first-order valence-corrected chi connectivity index (χ1v) is 11.1. The molecule has 0 fully saturated rings. The van der Waals surface area contributed by atoms with Gasteiger partial charge in [0.1, 0.15) is 11.3 Å². The smallest absolute Gasteiger partial charge is 0.193 e. The van der Waals surface area contributed by atoms with E-state index in [2.05, 4.69) is 42.6 Å². The van der Waals surface area contributed by atoms with Gasteiger partial charge in [0.2, 0.25) is 0 Å². The molecule has 0 bridgehead atoms. The number of aryl methyl sites for hydroxylation is 1. The standard InChI is InChI=1S/C28H29NO2/c1-3-4-5-9-16-29-22-13-14-23(21-10-7-6-8-11-21)24(18-22)28-19-26(30)25-17-20(2)12-15-27(25)31-28/h6-8,10-15,17-19,29H,3-5,9,16H2,1-2H3. The molecule has 1 heterocycles. The van der Waals surface area contributed by atoms with Gasteiger partial charge in [-0.1, -0.05) is 74.2 Å². The van der Waals surface area contributed by atoms with Crippen LogP contribution in [0, 0.1) is 6.92 Å². The van der Waals surface area contributed by atoms with Crippen LogP contribution in [0.5, 0.6) is 0 Å². The SMILES string of the molecule is CCCCCCNc1ccc(-c2ccccc2)c(-c2cc(=O)c3cc(C)ccc3o2)c1. The Labute approximate surface area is 183 Å². The highest BCUT2D eigenvalue weighted by molar-refractivity contribution is 5.86.